The topological polar surface area (TPSA) is 71.1 Å². The highest BCUT2D eigenvalue weighted by Gasteiger charge is 2.31. The number of aldehydes is 2. The van der Waals surface area contributed by atoms with Gasteiger partial charge in [0.05, 0.1) is 45.9 Å². The Morgan fingerprint density at radius 2 is 0.500 bits per heavy atom. The van der Waals surface area contributed by atoms with Gasteiger partial charge in [-0.25, -0.2) is 0 Å². The number of unbranched alkanes of at least 4 members (excludes halogenated alkanes) is 36. The fraction of sp³-hybridized carbons (Fsp3) is 0.540. The summed E-state index contributed by atoms with van der Waals surface area (Å²) in [5.41, 5.74) is 22.1. The van der Waals surface area contributed by atoms with Crippen LogP contribution in [-0.2, 0) is 18.9 Å². The number of hydrogen-bond donors (Lipinski definition) is 0. The predicted octanol–water partition coefficient (Wildman–Crippen LogP) is 32.8. The molecule has 6 nitrogen and oxygen atoms in total. The lowest BCUT2D eigenvalue weighted by Gasteiger charge is -2.16. The number of thiophene rings is 4. The zero-order valence-electron chi connectivity index (χ0n) is 67.9. The van der Waals surface area contributed by atoms with Crippen LogP contribution in [0.4, 0.5) is 0 Å². The van der Waals surface area contributed by atoms with E-state index in [4.69, 9.17) is 18.9 Å². The van der Waals surface area contributed by atoms with E-state index in [2.05, 4.69) is 137 Å². The highest BCUT2D eigenvalue weighted by molar-refractivity contribution is 7.17. The average molecular weight is 1560 g/mol. The van der Waals surface area contributed by atoms with E-state index in [0.29, 0.717) is 26.4 Å². The quantitative estimate of drug-likeness (QED) is 0.0279. The maximum Gasteiger partial charge on any atom is 0.193 e. The summed E-state index contributed by atoms with van der Waals surface area (Å²) in [4.78, 5) is 31.8. The van der Waals surface area contributed by atoms with Gasteiger partial charge in [-0.3, -0.25) is 9.59 Å². The Hall–Kier alpha value is -5.66. The van der Waals surface area contributed by atoms with Crippen molar-refractivity contribution in [3.8, 4) is 64.0 Å². The SMILES string of the molecule is CCCCCCCCCCCCC(CCCCCCCCCCCC)=C1c2cc(-c3ccc(C4OCCO4)s3)ccc2-c2ccc(-c3ccc(C4OCCO4)s3)cc21.CCCCCCCCCCCCC(CCCCCCCCCCCC)=C1c2cc(-c3ccc(C=O)s3)ccc2-c2ccc(-c3ccc(C=O)s3)cc21. The van der Waals surface area contributed by atoms with E-state index < -0.39 is 0 Å². The maximum atomic E-state index is 11.6. The van der Waals surface area contributed by atoms with Crippen LogP contribution in [0.5, 0.6) is 0 Å². The molecule has 8 aromatic rings. The van der Waals surface area contributed by atoms with Gasteiger partial charge in [-0.05, 0) is 202 Å². The van der Waals surface area contributed by atoms with Gasteiger partial charge in [0.2, 0.25) is 0 Å². The Morgan fingerprint density at radius 3 is 0.736 bits per heavy atom. The van der Waals surface area contributed by atoms with E-state index in [-0.39, 0.29) is 12.6 Å². The molecule has 0 saturated carbocycles. The summed E-state index contributed by atoms with van der Waals surface area (Å²) in [7, 11) is 0. The summed E-state index contributed by atoms with van der Waals surface area (Å²) in [5.74, 6) is 0. The van der Waals surface area contributed by atoms with Crippen molar-refractivity contribution in [2.24, 2.45) is 0 Å². The first-order valence-electron chi connectivity index (χ1n) is 44.2. The van der Waals surface area contributed by atoms with Gasteiger partial charge < -0.3 is 18.9 Å². The lowest BCUT2D eigenvalue weighted by Crippen LogP contribution is -1.95. The first kappa shape index (κ1) is 85.2. The van der Waals surface area contributed by atoms with E-state index in [1.165, 1.54) is 357 Å². The largest absolute Gasteiger partial charge is 0.345 e. The Labute approximate surface area is 680 Å². The van der Waals surface area contributed by atoms with Crippen molar-refractivity contribution in [1.82, 2.24) is 0 Å². The summed E-state index contributed by atoms with van der Waals surface area (Å²) in [6.07, 6.45) is 60.6. The number of hydrogen-bond acceptors (Lipinski definition) is 10. The highest BCUT2D eigenvalue weighted by atomic mass is 32.1. The van der Waals surface area contributed by atoms with Gasteiger partial charge in [0.1, 0.15) is 0 Å². The third-order valence-electron chi connectivity index (χ3n) is 23.4. The lowest BCUT2D eigenvalue weighted by atomic mass is 9.89. The molecular weight excluding hydrogens is 1430 g/mol. The Bertz CT molecular complexity index is 3840. The number of carbonyl (C=O) groups excluding carboxylic acids is 2. The van der Waals surface area contributed by atoms with E-state index in [1.54, 1.807) is 56.5 Å². The smallest absolute Gasteiger partial charge is 0.193 e. The van der Waals surface area contributed by atoms with Crippen LogP contribution in [0.3, 0.4) is 0 Å². The lowest BCUT2D eigenvalue weighted by molar-refractivity contribution is -0.0415. The van der Waals surface area contributed by atoms with Gasteiger partial charge in [-0.1, -0.05) is 319 Å². The Kier molecular flexibility index (Phi) is 37.1. The molecular formula is C100H132O6S4. The summed E-state index contributed by atoms with van der Waals surface area (Å²) in [6, 6.07) is 45.3. The molecule has 2 fully saturated rings. The summed E-state index contributed by atoms with van der Waals surface area (Å²) in [6.45, 7) is 11.9. The Balaban J connectivity index is 0.000000220. The molecule has 10 heteroatoms. The normalized spacial score (nSPS) is 13.8. The molecule has 4 aliphatic rings. The number of ether oxygens (including phenoxy) is 4. The molecule has 110 heavy (non-hydrogen) atoms. The van der Waals surface area contributed by atoms with Crippen LogP contribution in [0.15, 0.2) is 132 Å². The molecule has 6 heterocycles. The third-order valence-corrected chi connectivity index (χ3v) is 27.8. The molecule has 0 atom stereocenters. The number of benzene rings is 4. The van der Waals surface area contributed by atoms with Crippen molar-refractivity contribution < 1.29 is 28.5 Å². The predicted molar refractivity (Wildman–Crippen MR) is 475 cm³/mol. The van der Waals surface area contributed by atoms with Gasteiger partial charge in [-0.15, -0.1) is 45.3 Å². The second kappa shape index (κ2) is 47.9. The molecule has 2 aliphatic carbocycles. The second-order valence-corrected chi connectivity index (χ2v) is 36.4. The monoisotopic (exact) mass is 1560 g/mol. The molecule has 0 spiro atoms. The fourth-order valence-electron chi connectivity index (χ4n) is 17.1. The molecule has 0 unspecified atom stereocenters. The van der Waals surface area contributed by atoms with E-state index in [1.807, 2.05) is 12.1 Å². The first-order chi connectivity index (χ1) is 54.4. The van der Waals surface area contributed by atoms with Crippen LogP contribution >= 0.6 is 45.3 Å². The fourth-order valence-corrected chi connectivity index (χ4v) is 20.8. The van der Waals surface area contributed by atoms with Crippen molar-refractivity contribution in [2.75, 3.05) is 26.4 Å². The summed E-state index contributed by atoms with van der Waals surface area (Å²) >= 11 is 6.76. The van der Waals surface area contributed by atoms with Gasteiger partial charge in [0, 0.05) is 19.5 Å². The Morgan fingerprint density at radius 1 is 0.273 bits per heavy atom. The molecule has 592 valence electrons. The number of allylic oxidation sites excluding steroid dienone is 2. The number of rotatable bonds is 52. The first-order valence-corrected chi connectivity index (χ1v) is 47.5. The second-order valence-electron chi connectivity index (χ2n) is 31.9. The number of carbonyl (C=O) groups is 2. The van der Waals surface area contributed by atoms with Gasteiger partial charge >= 0.3 is 0 Å². The minimum Gasteiger partial charge on any atom is -0.345 e. The van der Waals surface area contributed by atoms with Gasteiger partial charge in [-0.2, -0.15) is 0 Å². The average Bonchev–Trinajstić information content (AvgIpc) is 1.59. The molecule has 0 bridgehead atoms. The van der Waals surface area contributed by atoms with Gasteiger partial charge in [0.15, 0.2) is 25.2 Å². The minimum atomic E-state index is -0.232. The highest BCUT2D eigenvalue weighted by Crippen LogP contribution is 2.53. The van der Waals surface area contributed by atoms with Crippen LogP contribution < -0.4 is 0 Å². The van der Waals surface area contributed by atoms with Crippen molar-refractivity contribution in [3.05, 3.63) is 174 Å². The number of fused-ring (bicyclic) bond motifs is 6. The third kappa shape index (κ3) is 25.2. The molecule has 0 radical (unpaired) electrons. The van der Waals surface area contributed by atoms with Crippen LogP contribution in [0.2, 0.25) is 0 Å². The minimum absolute atomic E-state index is 0.232. The molecule has 4 aromatic heterocycles. The summed E-state index contributed by atoms with van der Waals surface area (Å²) in [5, 5.41) is 0. The molecule has 4 aromatic carbocycles. The molecule has 0 N–H and O–H groups in total. The van der Waals surface area contributed by atoms with Gasteiger partial charge in [0.25, 0.3) is 0 Å². The van der Waals surface area contributed by atoms with Crippen molar-refractivity contribution in [1.29, 1.82) is 0 Å². The van der Waals surface area contributed by atoms with Crippen LogP contribution in [0.25, 0.3) is 75.2 Å². The van der Waals surface area contributed by atoms with Crippen LogP contribution in [0.1, 0.15) is 374 Å². The maximum absolute atomic E-state index is 11.6. The van der Waals surface area contributed by atoms with Crippen LogP contribution in [-0.4, -0.2) is 39.0 Å². The standard InChI is InChI=1S/C52H70O4S2.C48H62O2S2/c1-3-5-7-9-11-13-15-17-19-21-23-39(24-22-20-18-16-14-12-10-8-6-4-2)50-44-37-40(46-29-31-48(57-46)51-53-33-34-54-51)25-27-42(44)43-28-26-41(38-45(43)50)47-30-32-49(58-47)52-55-35-36-56-52;1-3-5-7-9-11-13-15-17-19-21-23-37(24-22-20-18-16-14-12-10-8-6-4-2)48-44-33-38(46-31-27-40(35-49)51-46)25-29-42(44)43-30-26-39(34-45(43)48)47-32-28-41(36-50)52-47/h25-32,37-38,51-52H,3-24,33-36H2,1-2H3;25-36H,3-24H2,1-2H3. The zero-order valence-corrected chi connectivity index (χ0v) is 71.1. The van der Waals surface area contributed by atoms with Crippen molar-refractivity contribution in [3.63, 3.8) is 0 Å². The zero-order chi connectivity index (χ0) is 76.2. The summed E-state index contributed by atoms with van der Waals surface area (Å²) < 4.78 is 23.5. The van der Waals surface area contributed by atoms with Crippen molar-refractivity contribution in [2.45, 2.75) is 323 Å². The van der Waals surface area contributed by atoms with Crippen LogP contribution in [0, 0.1) is 0 Å². The van der Waals surface area contributed by atoms with E-state index >= 15 is 0 Å². The molecule has 2 aliphatic heterocycles. The molecule has 12 rings (SSSR count). The molecule has 2 saturated heterocycles. The van der Waals surface area contributed by atoms with E-state index in [0.717, 1.165) is 54.7 Å². The van der Waals surface area contributed by atoms with E-state index in [9.17, 15) is 9.59 Å². The molecule has 0 amide bonds. The van der Waals surface area contributed by atoms with Crippen molar-refractivity contribution >= 4 is 69.1 Å².